The summed E-state index contributed by atoms with van der Waals surface area (Å²) in [6.45, 7) is 0. The highest BCUT2D eigenvalue weighted by Gasteiger charge is 2.21. The first-order valence-electron chi connectivity index (χ1n) is 9.55. The molecule has 0 aliphatic heterocycles. The van der Waals surface area contributed by atoms with E-state index >= 15 is 0 Å². The van der Waals surface area contributed by atoms with E-state index in [0.717, 1.165) is 24.1 Å². The van der Waals surface area contributed by atoms with Crippen LogP contribution in [0.3, 0.4) is 0 Å². The highest BCUT2D eigenvalue weighted by molar-refractivity contribution is 9.08. The molecule has 10 nitrogen and oxygen atoms in total. The van der Waals surface area contributed by atoms with Crippen LogP contribution in [-0.2, 0) is 22.0 Å². The minimum atomic E-state index is -4.03. The predicted molar refractivity (Wildman–Crippen MR) is 123 cm³/mol. The molecule has 0 radical (unpaired) electrons. The Kier molecular flexibility index (Phi) is 7.53. The number of hydrogen-bond acceptors (Lipinski definition) is 7. The lowest BCUT2D eigenvalue weighted by atomic mass is 9.99. The molecule has 182 valence electrons. The third kappa shape index (κ3) is 5.34. The number of nitrogens with zero attached hydrogens (tertiary/aromatic N) is 2. The Morgan fingerprint density at radius 2 is 1.97 bits per heavy atom. The van der Waals surface area contributed by atoms with Crippen LogP contribution in [0.25, 0.3) is 11.0 Å². The van der Waals surface area contributed by atoms with Gasteiger partial charge >= 0.3 is 11.7 Å². The summed E-state index contributed by atoms with van der Waals surface area (Å²) in [5.41, 5.74) is -0.566. The molecule has 0 saturated heterocycles. The lowest BCUT2D eigenvalue weighted by Crippen LogP contribution is -2.27. The maximum Gasteiger partial charge on any atom is 0.414 e. The second-order valence-electron chi connectivity index (χ2n) is 7.14. The number of anilines is 1. The number of fused-ring (bicyclic) bond motifs is 1. The van der Waals surface area contributed by atoms with E-state index in [-0.39, 0.29) is 33.8 Å². The molecule has 34 heavy (non-hydrogen) atoms. The van der Waals surface area contributed by atoms with Crippen LogP contribution >= 0.6 is 15.9 Å². The first kappa shape index (κ1) is 25.5. The molecule has 2 aromatic heterocycles. The quantitative estimate of drug-likeness (QED) is 0.335. The van der Waals surface area contributed by atoms with Crippen molar-refractivity contribution in [2.24, 2.45) is 0 Å². The average molecular weight is 561 g/mol. The molecule has 1 aromatic carbocycles. The van der Waals surface area contributed by atoms with Crippen molar-refractivity contribution in [2.45, 2.75) is 11.8 Å². The molecule has 0 spiro atoms. The Bertz CT molecular complexity index is 1430. The van der Waals surface area contributed by atoms with Crippen LogP contribution in [0, 0.1) is 11.6 Å². The van der Waals surface area contributed by atoms with Gasteiger partial charge in [0, 0.05) is 56.1 Å². The van der Waals surface area contributed by atoms with Crippen LogP contribution < -0.4 is 19.8 Å². The SMILES string of the molecule is CNS(=O)(=O)Nc1nccc(Cc2c(CBr)c3cc(F)c(OC(=O)N(C)C)cc3oc2=O)c1F. The Hall–Kier alpha value is -3.10. The van der Waals surface area contributed by atoms with Gasteiger partial charge < -0.3 is 14.1 Å². The Balaban J connectivity index is 2.08. The van der Waals surface area contributed by atoms with E-state index in [4.69, 9.17) is 9.15 Å². The van der Waals surface area contributed by atoms with E-state index in [9.17, 15) is 26.8 Å². The van der Waals surface area contributed by atoms with Gasteiger partial charge in [0.1, 0.15) is 5.58 Å². The lowest BCUT2D eigenvalue weighted by molar-refractivity contribution is 0.170. The van der Waals surface area contributed by atoms with Gasteiger partial charge in [0.15, 0.2) is 23.2 Å². The maximum atomic E-state index is 14.9. The van der Waals surface area contributed by atoms with E-state index in [1.807, 2.05) is 9.44 Å². The Morgan fingerprint density at radius 1 is 1.26 bits per heavy atom. The van der Waals surface area contributed by atoms with Crippen LogP contribution in [0.2, 0.25) is 0 Å². The predicted octanol–water partition coefficient (Wildman–Crippen LogP) is 2.89. The number of nitrogens with one attached hydrogen (secondary N) is 2. The van der Waals surface area contributed by atoms with Crippen LogP contribution in [0.15, 0.2) is 33.6 Å². The van der Waals surface area contributed by atoms with Crippen molar-refractivity contribution in [3.8, 4) is 5.75 Å². The number of ether oxygens (including phenoxy) is 1. The molecular formula is C20H19BrF2N4O6S. The minimum Gasteiger partial charge on any atom is -0.422 e. The van der Waals surface area contributed by atoms with Gasteiger partial charge in [-0.3, -0.25) is 4.72 Å². The lowest BCUT2D eigenvalue weighted by Gasteiger charge is -2.14. The Labute approximate surface area is 201 Å². The number of alkyl halides is 1. The number of hydrogen-bond donors (Lipinski definition) is 2. The highest BCUT2D eigenvalue weighted by Crippen LogP contribution is 2.30. The number of pyridine rings is 1. The smallest absolute Gasteiger partial charge is 0.414 e. The molecule has 1 amide bonds. The van der Waals surface area contributed by atoms with E-state index in [1.54, 1.807) is 0 Å². The highest BCUT2D eigenvalue weighted by atomic mass is 79.9. The normalized spacial score (nSPS) is 11.5. The van der Waals surface area contributed by atoms with Crippen molar-refractivity contribution < 1.29 is 31.1 Å². The molecule has 3 rings (SSSR count). The van der Waals surface area contributed by atoms with Crippen molar-refractivity contribution in [2.75, 3.05) is 25.9 Å². The first-order valence-corrected chi connectivity index (χ1v) is 12.2. The van der Waals surface area contributed by atoms with Gasteiger partial charge in [0.25, 0.3) is 10.2 Å². The van der Waals surface area contributed by atoms with Crippen LogP contribution in [-0.4, -0.2) is 45.5 Å². The Morgan fingerprint density at radius 3 is 2.59 bits per heavy atom. The van der Waals surface area contributed by atoms with Crippen LogP contribution in [0.5, 0.6) is 5.75 Å². The molecular weight excluding hydrogens is 542 g/mol. The zero-order valence-electron chi connectivity index (χ0n) is 18.1. The van der Waals surface area contributed by atoms with Gasteiger partial charge in [-0.05, 0) is 23.3 Å². The summed E-state index contributed by atoms with van der Waals surface area (Å²) < 4.78 is 67.1. The van der Waals surface area contributed by atoms with Crippen molar-refractivity contribution >= 4 is 49.0 Å². The molecule has 0 aliphatic rings. The summed E-state index contributed by atoms with van der Waals surface area (Å²) in [5.74, 6) is -2.85. The van der Waals surface area contributed by atoms with Crippen molar-refractivity contribution in [1.82, 2.24) is 14.6 Å². The van der Waals surface area contributed by atoms with Gasteiger partial charge in [0.2, 0.25) is 0 Å². The van der Waals surface area contributed by atoms with E-state index in [0.29, 0.717) is 5.56 Å². The molecule has 0 saturated carbocycles. The number of rotatable bonds is 7. The third-order valence-electron chi connectivity index (χ3n) is 4.70. The number of amides is 1. The van der Waals surface area contributed by atoms with Crippen molar-refractivity contribution in [3.05, 3.63) is 63.1 Å². The van der Waals surface area contributed by atoms with Crippen LogP contribution in [0.4, 0.5) is 19.4 Å². The fraction of sp³-hybridized carbons (Fsp3) is 0.250. The maximum absolute atomic E-state index is 14.9. The first-order chi connectivity index (χ1) is 16.0. The van der Waals surface area contributed by atoms with Gasteiger partial charge in [-0.2, -0.15) is 8.42 Å². The second kappa shape index (κ2) is 10.0. The van der Waals surface area contributed by atoms with Gasteiger partial charge in [-0.15, -0.1) is 0 Å². The van der Waals surface area contributed by atoms with Crippen LogP contribution in [0.1, 0.15) is 16.7 Å². The summed E-state index contributed by atoms with van der Waals surface area (Å²) >= 11 is 3.26. The number of carbonyl (C=O) groups excluding carboxylic acids is 1. The minimum absolute atomic E-state index is 0.0225. The molecule has 0 aliphatic carbocycles. The number of carbonyl (C=O) groups is 1. The summed E-state index contributed by atoms with van der Waals surface area (Å²) in [6, 6.07) is 3.41. The van der Waals surface area contributed by atoms with Crippen molar-refractivity contribution in [1.29, 1.82) is 0 Å². The molecule has 3 aromatic rings. The summed E-state index contributed by atoms with van der Waals surface area (Å²) in [5, 5.41) is 0.298. The van der Waals surface area contributed by atoms with E-state index < -0.39 is 45.1 Å². The fourth-order valence-corrected chi connectivity index (χ4v) is 4.10. The van der Waals surface area contributed by atoms with E-state index in [1.165, 1.54) is 26.4 Å². The summed E-state index contributed by atoms with van der Waals surface area (Å²) in [6.07, 6.45) is 0.0599. The topological polar surface area (TPSA) is 131 Å². The fourth-order valence-electron chi connectivity index (χ4n) is 2.96. The molecule has 0 fully saturated rings. The molecule has 0 bridgehead atoms. The van der Waals surface area contributed by atoms with Gasteiger partial charge in [-0.25, -0.2) is 28.1 Å². The molecule has 2 N–H and O–H groups in total. The summed E-state index contributed by atoms with van der Waals surface area (Å²) in [7, 11) is -0.0495. The molecule has 0 unspecified atom stereocenters. The number of aromatic nitrogens is 1. The molecule has 0 atom stereocenters. The van der Waals surface area contributed by atoms with Crippen molar-refractivity contribution in [3.63, 3.8) is 0 Å². The zero-order valence-corrected chi connectivity index (χ0v) is 20.5. The number of halogens is 3. The molecule has 2 heterocycles. The zero-order chi connectivity index (χ0) is 25.2. The van der Waals surface area contributed by atoms with E-state index in [2.05, 4.69) is 20.9 Å². The third-order valence-corrected chi connectivity index (χ3v) is 6.27. The number of benzene rings is 1. The monoisotopic (exact) mass is 560 g/mol. The largest absolute Gasteiger partial charge is 0.422 e. The van der Waals surface area contributed by atoms with Gasteiger partial charge in [-0.1, -0.05) is 15.9 Å². The molecule has 14 heteroatoms. The van der Waals surface area contributed by atoms with Gasteiger partial charge in [0.05, 0.1) is 0 Å². The standard InChI is InChI=1S/C20H19BrF2N4O6S/c1-24-34(30,31)26-18-17(23)10(4-5-25-18)6-12-13(9-21)11-7-14(22)16(33-20(29)27(2)3)8-15(11)32-19(12)28/h4-5,7-8,24H,6,9H2,1-3H3,(H,25,26). The second-order valence-corrected chi connectivity index (χ2v) is 9.32. The summed E-state index contributed by atoms with van der Waals surface area (Å²) in [4.78, 5) is 29.3. The average Bonchev–Trinajstić information content (AvgIpc) is 2.77.